The predicted molar refractivity (Wildman–Crippen MR) is 108 cm³/mol. The highest BCUT2D eigenvalue weighted by molar-refractivity contribution is 7.89. The van der Waals surface area contributed by atoms with E-state index in [1.54, 1.807) is 55.6 Å². The van der Waals surface area contributed by atoms with Gasteiger partial charge in [-0.05, 0) is 49.1 Å². The van der Waals surface area contributed by atoms with Crippen LogP contribution < -0.4 is 14.2 Å². The van der Waals surface area contributed by atoms with Gasteiger partial charge in [0.15, 0.2) is 11.5 Å². The molecular weight excluding hydrogens is 392 g/mol. The second-order valence-corrected chi connectivity index (χ2v) is 9.17. The van der Waals surface area contributed by atoms with E-state index in [9.17, 15) is 13.2 Å². The van der Waals surface area contributed by atoms with Crippen LogP contribution in [-0.4, -0.2) is 52.1 Å². The lowest BCUT2D eigenvalue weighted by molar-refractivity contribution is 0.0691. The zero-order valence-electron chi connectivity index (χ0n) is 16.4. The Balaban J connectivity index is 1.45. The molecule has 154 valence electrons. The monoisotopic (exact) mass is 416 g/mol. The topological polar surface area (TPSA) is 84.9 Å². The summed E-state index contributed by atoms with van der Waals surface area (Å²) < 4.78 is 38.6. The van der Waals surface area contributed by atoms with Gasteiger partial charge in [0.05, 0.1) is 19.1 Å². The van der Waals surface area contributed by atoms with Crippen LogP contribution in [0.4, 0.5) is 0 Å². The Morgan fingerprint density at radius 1 is 1.03 bits per heavy atom. The van der Waals surface area contributed by atoms with E-state index < -0.39 is 10.0 Å². The minimum absolute atomic E-state index is 0.0315. The molecule has 2 aromatic carbocycles. The summed E-state index contributed by atoms with van der Waals surface area (Å²) in [4.78, 5) is 15.1. The maximum absolute atomic E-state index is 13.0. The van der Waals surface area contributed by atoms with Gasteiger partial charge in [-0.25, -0.2) is 13.1 Å². The summed E-state index contributed by atoms with van der Waals surface area (Å²) in [7, 11) is -0.471. The number of hydrogen-bond acceptors (Lipinski definition) is 5. The van der Waals surface area contributed by atoms with Gasteiger partial charge in [-0.1, -0.05) is 18.2 Å². The molecule has 1 aliphatic heterocycles. The molecule has 2 fully saturated rings. The number of benzene rings is 2. The fourth-order valence-electron chi connectivity index (χ4n) is 4.35. The molecule has 0 aromatic heterocycles. The minimum Gasteiger partial charge on any atom is -0.493 e. The third kappa shape index (κ3) is 3.70. The van der Waals surface area contributed by atoms with Gasteiger partial charge in [0, 0.05) is 24.2 Å². The highest BCUT2D eigenvalue weighted by Gasteiger charge is 2.47. The lowest BCUT2D eigenvalue weighted by atomic mass is 10.0. The van der Waals surface area contributed by atoms with Gasteiger partial charge in [-0.2, -0.15) is 0 Å². The Labute approximate surface area is 170 Å². The lowest BCUT2D eigenvalue weighted by Gasteiger charge is -2.32. The number of methoxy groups -OCH3 is 2. The molecule has 29 heavy (non-hydrogen) atoms. The highest BCUT2D eigenvalue weighted by atomic mass is 32.2. The van der Waals surface area contributed by atoms with Crippen LogP contribution in [0.3, 0.4) is 0 Å². The van der Waals surface area contributed by atoms with Crippen molar-refractivity contribution in [2.24, 2.45) is 5.92 Å². The molecule has 1 N–H and O–H groups in total. The third-order valence-corrected chi connectivity index (χ3v) is 7.30. The standard InChI is InChI=1S/C21H24N2O5S/c1-27-19-9-8-14(11-20(19)28-2)21(24)23-13-15-10-16(23)12-18(15)22-29(25,26)17-6-4-3-5-7-17/h3-9,11,15-16,18,22H,10,12-13H2,1-2H3/t15-,16-,18-/m0/s1. The van der Waals surface area contributed by atoms with E-state index >= 15 is 0 Å². The Hall–Kier alpha value is -2.58. The van der Waals surface area contributed by atoms with Crippen molar-refractivity contribution in [2.45, 2.75) is 29.8 Å². The van der Waals surface area contributed by atoms with Gasteiger partial charge in [0.25, 0.3) is 5.91 Å². The first-order valence-corrected chi connectivity index (χ1v) is 11.0. The molecule has 1 heterocycles. The van der Waals surface area contributed by atoms with E-state index in [1.165, 1.54) is 7.11 Å². The molecule has 7 nitrogen and oxygen atoms in total. The molecule has 0 radical (unpaired) electrons. The van der Waals surface area contributed by atoms with Gasteiger partial charge < -0.3 is 14.4 Å². The zero-order chi connectivity index (χ0) is 20.6. The lowest BCUT2D eigenvalue weighted by Crippen LogP contribution is -2.47. The third-order valence-electron chi connectivity index (χ3n) is 5.79. The molecule has 2 bridgehead atoms. The highest BCUT2D eigenvalue weighted by Crippen LogP contribution is 2.39. The van der Waals surface area contributed by atoms with E-state index in [4.69, 9.17) is 9.47 Å². The number of amides is 1. The molecule has 0 unspecified atom stereocenters. The molecular formula is C21H24N2O5S. The maximum Gasteiger partial charge on any atom is 0.254 e. The van der Waals surface area contributed by atoms with Crippen molar-refractivity contribution < 1.29 is 22.7 Å². The Kier molecular flexibility index (Phi) is 5.23. The SMILES string of the molecule is COc1ccc(C(=O)N2C[C@@H]3C[C@H]2C[C@@H]3NS(=O)(=O)c2ccccc2)cc1OC. The molecule has 1 saturated heterocycles. The van der Waals surface area contributed by atoms with Crippen LogP contribution >= 0.6 is 0 Å². The molecule has 2 aromatic rings. The number of hydrogen-bond donors (Lipinski definition) is 1. The summed E-state index contributed by atoms with van der Waals surface area (Å²) in [5, 5.41) is 0. The molecule has 1 amide bonds. The number of nitrogens with zero attached hydrogens (tertiary/aromatic N) is 1. The number of likely N-dealkylation sites (tertiary alicyclic amines) is 1. The van der Waals surface area contributed by atoms with E-state index in [1.807, 2.05) is 4.90 Å². The number of carbonyl (C=O) groups is 1. The minimum atomic E-state index is -3.56. The second-order valence-electron chi connectivity index (χ2n) is 7.45. The van der Waals surface area contributed by atoms with E-state index in [0.29, 0.717) is 30.0 Å². The van der Waals surface area contributed by atoms with Crippen LogP contribution in [0.15, 0.2) is 53.4 Å². The predicted octanol–water partition coefficient (Wildman–Crippen LogP) is 2.29. The van der Waals surface area contributed by atoms with E-state index in [-0.39, 0.29) is 28.8 Å². The van der Waals surface area contributed by atoms with Crippen LogP contribution in [0.2, 0.25) is 0 Å². The fraction of sp³-hybridized carbons (Fsp3) is 0.381. The molecule has 1 aliphatic carbocycles. The smallest absolute Gasteiger partial charge is 0.254 e. The van der Waals surface area contributed by atoms with Gasteiger partial charge >= 0.3 is 0 Å². The number of carbonyl (C=O) groups excluding carboxylic acids is 1. The summed E-state index contributed by atoms with van der Waals surface area (Å²) in [5.41, 5.74) is 0.539. The molecule has 2 aliphatic rings. The van der Waals surface area contributed by atoms with Crippen molar-refractivity contribution in [3.05, 3.63) is 54.1 Å². The normalized spacial score (nSPS) is 23.2. The van der Waals surface area contributed by atoms with Crippen molar-refractivity contribution in [1.82, 2.24) is 9.62 Å². The molecule has 4 rings (SSSR count). The van der Waals surface area contributed by atoms with Crippen molar-refractivity contribution in [2.75, 3.05) is 20.8 Å². The summed E-state index contributed by atoms with van der Waals surface area (Å²) in [6, 6.07) is 13.4. The van der Waals surface area contributed by atoms with Crippen LogP contribution in [-0.2, 0) is 10.0 Å². The molecule has 0 spiro atoms. The number of fused-ring (bicyclic) bond motifs is 2. The van der Waals surface area contributed by atoms with Gasteiger partial charge in [0.1, 0.15) is 0 Å². The maximum atomic E-state index is 13.0. The summed E-state index contributed by atoms with van der Waals surface area (Å²) in [6.07, 6.45) is 1.43. The van der Waals surface area contributed by atoms with Crippen molar-refractivity contribution >= 4 is 15.9 Å². The zero-order valence-corrected chi connectivity index (χ0v) is 17.2. The second kappa shape index (κ2) is 7.68. The molecule has 8 heteroatoms. The average Bonchev–Trinajstić information content (AvgIpc) is 3.33. The Bertz CT molecular complexity index is 1010. The van der Waals surface area contributed by atoms with Crippen molar-refractivity contribution in [3.8, 4) is 11.5 Å². The number of piperidine rings is 1. The van der Waals surface area contributed by atoms with E-state index in [0.717, 1.165) is 6.42 Å². The van der Waals surface area contributed by atoms with Crippen LogP contribution in [0.5, 0.6) is 11.5 Å². The number of rotatable bonds is 6. The Morgan fingerprint density at radius 3 is 2.38 bits per heavy atom. The number of ether oxygens (including phenoxy) is 2. The quantitative estimate of drug-likeness (QED) is 0.781. The summed E-state index contributed by atoms with van der Waals surface area (Å²) >= 11 is 0. The van der Waals surface area contributed by atoms with E-state index in [2.05, 4.69) is 4.72 Å². The van der Waals surface area contributed by atoms with Crippen LogP contribution in [0, 0.1) is 5.92 Å². The first-order chi connectivity index (χ1) is 13.9. The van der Waals surface area contributed by atoms with Gasteiger partial charge in [-0.15, -0.1) is 0 Å². The van der Waals surface area contributed by atoms with Crippen LogP contribution in [0.25, 0.3) is 0 Å². The average molecular weight is 416 g/mol. The largest absolute Gasteiger partial charge is 0.493 e. The molecule has 1 saturated carbocycles. The summed E-state index contributed by atoms with van der Waals surface area (Å²) in [6.45, 7) is 0.541. The van der Waals surface area contributed by atoms with Gasteiger partial charge in [0.2, 0.25) is 10.0 Å². The Morgan fingerprint density at radius 2 is 1.76 bits per heavy atom. The van der Waals surface area contributed by atoms with Crippen molar-refractivity contribution in [1.29, 1.82) is 0 Å². The number of nitrogens with one attached hydrogen (secondary N) is 1. The first-order valence-electron chi connectivity index (χ1n) is 9.53. The van der Waals surface area contributed by atoms with Crippen molar-refractivity contribution in [3.63, 3.8) is 0 Å². The fourth-order valence-corrected chi connectivity index (χ4v) is 5.69. The van der Waals surface area contributed by atoms with Gasteiger partial charge in [-0.3, -0.25) is 4.79 Å². The first kappa shape index (κ1) is 19.7. The summed E-state index contributed by atoms with van der Waals surface area (Å²) in [5.74, 6) is 1.13. The van der Waals surface area contributed by atoms with Crippen LogP contribution in [0.1, 0.15) is 23.2 Å². The number of sulfonamides is 1. The molecule has 3 atom stereocenters.